The highest BCUT2D eigenvalue weighted by atomic mass is 16.6. The number of likely N-dealkylation sites (tertiary alicyclic amines) is 2. The van der Waals surface area contributed by atoms with Crippen LogP contribution in [0.1, 0.15) is 82.8 Å². The van der Waals surface area contributed by atoms with Crippen LogP contribution in [-0.2, 0) is 19.1 Å². The number of H-pyrrole nitrogens is 2. The molecule has 4 amide bonds. The minimum atomic E-state index is -0.962. The Morgan fingerprint density at radius 3 is 1.91 bits per heavy atom. The Balaban J connectivity index is 1.13. The molecule has 0 bridgehead atoms. The minimum absolute atomic E-state index is 0.107. The zero-order valence-electron chi connectivity index (χ0n) is 31.7. The number of nitrogens with zero attached hydrogens (tertiary/aromatic N) is 4. The number of methoxy groups -OCH3 is 1. The van der Waals surface area contributed by atoms with Crippen LogP contribution in [-0.4, -0.2) is 86.1 Å². The zero-order chi connectivity index (χ0) is 38.7. The molecule has 4 heterocycles. The van der Waals surface area contributed by atoms with Crippen LogP contribution in [0.5, 0.6) is 0 Å². The van der Waals surface area contributed by atoms with Crippen molar-refractivity contribution >= 4 is 24.0 Å². The van der Waals surface area contributed by atoms with Gasteiger partial charge in [-0.3, -0.25) is 9.59 Å². The fraction of sp³-hybridized carbons (Fsp3) is 0.450. The Morgan fingerprint density at radius 1 is 0.796 bits per heavy atom. The Hall–Kier alpha value is -5.66. The SMILES string of the molecule is COC(=O)N[C@H](C(=O)N1CCCC1c1nc(-c2ccc(-c3ccc(-c4nc([C@@H]5CCCN5C(=O)[C@@H](OC(N)=O)C(C)C)[nH]c4C)cc3)cc2)c[nH]1)C(C)C. The molecule has 6 rings (SSSR count). The third-order valence-corrected chi connectivity index (χ3v) is 10.4. The minimum Gasteiger partial charge on any atom is -0.453 e. The van der Waals surface area contributed by atoms with Crippen LogP contribution in [0.25, 0.3) is 33.6 Å². The van der Waals surface area contributed by atoms with E-state index in [1.54, 1.807) is 9.80 Å². The molecule has 14 nitrogen and oxygen atoms in total. The first-order chi connectivity index (χ1) is 25.9. The Bertz CT molecular complexity index is 1970. The fourth-order valence-corrected chi connectivity index (χ4v) is 7.50. The number of amides is 4. The molecule has 0 radical (unpaired) electrons. The number of alkyl carbamates (subject to hydrolysis) is 1. The molecule has 5 N–H and O–H groups in total. The summed E-state index contributed by atoms with van der Waals surface area (Å²) in [6.07, 6.45) is 2.53. The number of nitrogens with two attached hydrogens (primary N) is 1. The van der Waals surface area contributed by atoms with E-state index in [0.717, 1.165) is 70.8 Å². The number of benzene rings is 2. The van der Waals surface area contributed by atoms with Gasteiger partial charge < -0.3 is 40.3 Å². The van der Waals surface area contributed by atoms with Gasteiger partial charge in [-0.05, 0) is 55.6 Å². The largest absolute Gasteiger partial charge is 0.453 e. The summed E-state index contributed by atoms with van der Waals surface area (Å²) in [4.78, 5) is 70.5. The molecule has 2 aliphatic rings. The number of imidazole rings is 2. The number of ether oxygens (including phenoxy) is 2. The van der Waals surface area contributed by atoms with Gasteiger partial charge in [-0.2, -0.15) is 0 Å². The van der Waals surface area contributed by atoms with Crippen molar-refractivity contribution in [3.63, 3.8) is 0 Å². The third kappa shape index (κ3) is 7.97. The molecule has 0 aliphatic carbocycles. The highest BCUT2D eigenvalue weighted by molar-refractivity contribution is 5.86. The lowest BCUT2D eigenvalue weighted by atomic mass is 10.0. The number of carbonyl (C=O) groups is 4. The molecule has 2 aromatic carbocycles. The number of aryl methyl sites for hydroxylation is 1. The molecule has 2 fully saturated rings. The Morgan fingerprint density at radius 2 is 1.35 bits per heavy atom. The maximum absolute atomic E-state index is 13.5. The summed E-state index contributed by atoms with van der Waals surface area (Å²) in [5.41, 5.74) is 11.7. The van der Waals surface area contributed by atoms with E-state index in [9.17, 15) is 19.2 Å². The van der Waals surface area contributed by atoms with Gasteiger partial charge in [0.05, 0.1) is 30.6 Å². The van der Waals surface area contributed by atoms with Crippen LogP contribution in [0.4, 0.5) is 9.59 Å². The molecule has 4 atom stereocenters. The molecule has 2 aromatic heterocycles. The molecule has 0 spiro atoms. The summed E-state index contributed by atoms with van der Waals surface area (Å²) in [6, 6.07) is 15.3. The summed E-state index contributed by atoms with van der Waals surface area (Å²) < 4.78 is 9.94. The highest BCUT2D eigenvalue weighted by Crippen LogP contribution is 2.36. The topological polar surface area (TPSA) is 189 Å². The summed E-state index contributed by atoms with van der Waals surface area (Å²) in [5, 5.41) is 2.69. The molecule has 1 unspecified atom stereocenters. The van der Waals surface area contributed by atoms with E-state index in [1.165, 1.54) is 7.11 Å². The van der Waals surface area contributed by atoms with Crippen LogP contribution in [0, 0.1) is 18.8 Å². The predicted molar refractivity (Wildman–Crippen MR) is 203 cm³/mol. The van der Waals surface area contributed by atoms with E-state index in [4.69, 9.17) is 25.2 Å². The van der Waals surface area contributed by atoms with Crippen molar-refractivity contribution < 1.29 is 28.7 Å². The van der Waals surface area contributed by atoms with Crippen molar-refractivity contribution in [2.75, 3.05) is 20.2 Å². The maximum Gasteiger partial charge on any atom is 0.407 e. The van der Waals surface area contributed by atoms with Crippen molar-refractivity contribution in [2.24, 2.45) is 17.6 Å². The third-order valence-electron chi connectivity index (χ3n) is 10.4. The zero-order valence-corrected chi connectivity index (χ0v) is 31.7. The standard InChI is InChI=1S/C40H50N8O6/c1-22(2)32(46-40(52)53-6)37(49)47-19-7-9-30(47)35-42-21-29(44-35)27-15-11-25(12-16-27)26-13-17-28(18-14-26)33-24(5)43-36(45-33)31-10-8-20-48(31)38(50)34(23(3)4)54-39(41)51/h11-18,21-23,30-32,34H,7-10,19-20H2,1-6H3,(H2,41,51)(H,42,44)(H,43,45)(H,46,52)/t30?,31-,32-,34-/m0/s1. The number of primary amides is 1. The summed E-state index contributed by atoms with van der Waals surface area (Å²) >= 11 is 0. The lowest BCUT2D eigenvalue weighted by Crippen LogP contribution is -2.51. The average molecular weight is 739 g/mol. The fourth-order valence-electron chi connectivity index (χ4n) is 7.50. The van der Waals surface area contributed by atoms with Gasteiger partial charge in [0.15, 0.2) is 6.10 Å². The maximum atomic E-state index is 13.5. The van der Waals surface area contributed by atoms with Crippen LogP contribution in [0.3, 0.4) is 0 Å². The predicted octanol–water partition coefficient (Wildman–Crippen LogP) is 6.27. The first-order valence-electron chi connectivity index (χ1n) is 18.6. The van der Waals surface area contributed by atoms with Crippen molar-refractivity contribution in [3.05, 3.63) is 72.1 Å². The summed E-state index contributed by atoms with van der Waals surface area (Å²) in [6.45, 7) is 10.6. The molecule has 54 heavy (non-hydrogen) atoms. The van der Waals surface area contributed by atoms with Gasteiger partial charge >= 0.3 is 12.2 Å². The van der Waals surface area contributed by atoms with Crippen molar-refractivity contribution in [3.8, 4) is 33.6 Å². The number of nitrogens with one attached hydrogen (secondary N) is 3. The number of hydrogen-bond acceptors (Lipinski definition) is 8. The summed E-state index contributed by atoms with van der Waals surface area (Å²) in [7, 11) is 1.29. The average Bonchev–Trinajstić information content (AvgIpc) is 3.99. The van der Waals surface area contributed by atoms with Gasteiger partial charge in [0.1, 0.15) is 17.7 Å². The molecule has 2 saturated heterocycles. The lowest BCUT2D eigenvalue weighted by Gasteiger charge is -2.29. The number of hydrogen-bond donors (Lipinski definition) is 4. The quantitative estimate of drug-likeness (QED) is 0.139. The monoisotopic (exact) mass is 738 g/mol. The number of aromatic amines is 2. The highest BCUT2D eigenvalue weighted by Gasteiger charge is 2.39. The number of aromatic nitrogens is 4. The van der Waals surface area contributed by atoms with Crippen LogP contribution >= 0.6 is 0 Å². The molecule has 14 heteroatoms. The van der Waals surface area contributed by atoms with Gasteiger partial charge in [0.25, 0.3) is 5.91 Å². The smallest absolute Gasteiger partial charge is 0.407 e. The molecule has 4 aromatic rings. The van der Waals surface area contributed by atoms with E-state index >= 15 is 0 Å². The van der Waals surface area contributed by atoms with E-state index in [0.29, 0.717) is 18.9 Å². The van der Waals surface area contributed by atoms with Crippen molar-refractivity contribution in [1.29, 1.82) is 0 Å². The van der Waals surface area contributed by atoms with Crippen LogP contribution in [0.2, 0.25) is 0 Å². The van der Waals surface area contributed by atoms with E-state index in [-0.39, 0.29) is 35.7 Å². The second kappa shape index (κ2) is 16.1. The Kier molecular flexibility index (Phi) is 11.4. The van der Waals surface area contributed by atoms with Gasteiger partial charge in [0, 0.05) is 36.1 Å². The van der Waals surface area contributed by atoms with Gasteiger partial charge in [-0.1, -0.05) is 76.2 Å². The molecule has 0 saturated carbocycles. The van der Waals surface area contributed by atoms with Crippen molar-refractivity contribution in [1.82, 2.24) is 35.1 Å². The van der Waals surface area contributed by atoms with Crippen LogP contribution in [0.15, 0.2) is 54.7 Å². The second-order valence-electron chi connectivity index (χ2n) is 14.8. The molecular weight excluding hydrogens is 688 g/mol. The lowest BCUT2D eigenvalue weighted by molar-refractivity contribution is -0.143. The van der Waals surface area contributed by atoms with E-state index < -0.39 is 24.3 Å². The molecular formula is C40H50N8O6. The van der Waals surface area contributed by atoms with E-state index in [1.807, 2.05) is 65.1 Å². The number of rotatable bonds is 11. The first kappa shape index (κ1) is 38.1. The van der Waals surface area contributed by atoms with Gasteiger partial charge in [-0.15, -0.1) is 0 Å². The summed E-state index contributed by atoms with van der Waals surface area (Å²) in [5.74, 6) is 0.696. The number of carbonyl (C=O) groups excluding carboxylic acids is 4. The van der Waals surface area contributed by atoms with Crippen LogP contribution < -0.4 is 11.1 Å². The Labute approximate surface area is 315 Å². The van der Waals surface area contributed by atoms with Gasteiger partial charge in [-0.25, -0.2) is 19.6 Å². The van der Waals surface area contributed by atoms with E-state index in [2.05, 4.69) is 39.6 Å². The normalized spacial score (nSPS) is 18.2. The molecule has 286 valence electrons. The van der Waals surface area contributed by atoms with Gasteiger partial charge in [0.2, 0.25) is 5.91 Å². The molecule has 2 aliphatic heterocycles. The first-order valence-corrected chi connectivity index (χ1v) is 18.6. The van der Waals surface area contributed by atoms with Crippen molar-refractivity contribution in [2.45, 2.75) is 84.5 Å². The second-order valence-corrected chi connectivity index (χ2v) is 14.8.